The summed E-state index contributed by atoms with van der Waals surface area (Å²) in [7, 11) is 14.9. The third-order valence-electron chi connectivity index (χ3n) is 0. The fourth-order valence-corrected chi connectivity index (χ4v) is 0. The predicted octanol–water partition coefficient (Wildman–Crippen LogP) is 2.95. The first-order valence-electron chi connectivity index (χ1n) is 0.429. The van der Waals surface area contributed by atoms with E-state index in [1.54, 1.807) is 0 Å². The summed E-state index contributed by atoms with van der Waals surface area (Å²) in [6, 6.07) is 0. The molecule has 0 spiro atoms. The van der Waals surface area contributed by atoms with Crippen molar-refractivity contribution in [3.63, 3.8) is 0 Å². The summed E-state index contributed by atoms with van der Waals surface area (Å²) in [5.41, 5.74) is 0. The first-order chi connectivity index (χ1) is 1.73. The standard InChI is InChI=1S/Cl3I/c1-4(2)3. The summed E-state index contributed by atoms with van der Waals surface area (Å²) in [5.74, 6) is 0. The van der Waals surface area contributed by atoms with Crippen molar-refractivity contribution in [3.8, 4) is 0 Å². The molecule has 0 amide bonds. The van der Waals surface area contributed by atoms with Crippen molar-refractivity contribution >= 4 is 43.2 Å². The van der Waals surface area contributed by atoms with Crippen LogP contribution in [0, 0.1) is 0 Å². The van der Waals surface area contributed by atoms with Gasteiger partial charge in [-0.25, -0.2) is 0 Å². The Bertz CT molecular complexity index is 8.00. The van der Waals surface area contributed by atoms with Crippen LogP contribution in [0.25, 0.3) is 0 Å². The van der Waals surface area contributed by atoms with Crippen molar-refractivity contribution in [2.45, 2.75) is 0 Å². The van der Waals surface area contributed by atoms with Crippen molar-refractivity contribution in [3.05, 3.63) is 0 Å². The van der Waals surface area contributed by atoms with Gasteiger partial charge in [0, 0.05) is 0 Å². The van der Waals surface area contributed by atoms with Gasteiger partial charge in [-0.15, -0.1) is 0 Å². The number of rotatable bonds is 0. The monoisotopic (exact) mass is 232 g/mol. The Labute approximate surface area is 42.9 Å². The molecule has 0 saturated heterocycles. The Balaban J connectivity index is 2.32. The molecule has 0 fully saturated rings. The molecule has 0 bridgehead atoms. The summed E-state index contributed by atoms with van der Waals surface area (Å²) >= 11 is -1.85. The van der Waals surface area contributed by atoms with Gasteiger partial charge in [0.1, 0.15) is 0 Å². The minimum atomic E-state index is -1.85. The second-order valence-corrected chi connectivity index (χ2v) is 9.78. The molecule has 0 aliphatic carbocycles. The van der Waals surface area contributed by atoms with Gasteiger partial charge in [-0.3, -0.25) is 0 Å². The zero-order chi connectivity index (χ0) is 3.58. The first-order valence-corrected chi connectivity index (χ1v) is 8.62. The van der Waals surface area contributed by atoms with E-state index in [-0.39, 0.29) is 0 Å². The zero-order valence-electron chi connectivity index (χ0n) is 1.51. The van der Waals surface area contributed by atoms with Gasteiger partial charge in [-0.2, -0.15) is 0 Å². The molecule has 0 aliphatic heterocycles. The molecule has 0 aromatic carbocycles. The summed E-state index contributed by atoms with van der Waals surface area (Å²) in [4.78, 5) is 0. The van der Waals surface area contributed by atoms with E-state index in [0.29, 0.717) is 0 Å². The van der Waals surface area contributed by atoms with Crippen molar-refractivity contribution in [2.75, 3.05) is 0 Å². The topological polar surface area (TPSA) is 0 Å². The summed E-state index contributed by atoms with van der Waals surface area (Å²) in [5, 5.41) is 0. The molecule has 0 atom stereocenters. The maximum atomic E-state index is 4.96. The van der Waals surface area contributed by atoms with Gasteiger partial charge in [0.15, 0.2) is 0 Å². The Hall–Kier alpha value is 1.60. The third-order valence-corrected chi connectivity index (χ3v) is 0. The number of hydrogen-bond donors (Lipinski definition) is 0. The normalized spacial score (nSPS) is 11.2. The molecule has 4 heavy (non-hydrogen) atoms. The summed E-state index contributed by atoms with van der Waals surface area (Å²) in [6.45, 7) is 0. The van der Waals surface area contributed by atoms with Gasteiger partial charge in [0.2, 0.25) is 0 Å². The summed E-state index contributed by atoms with van der Waals surface area (Å²) < 4.78 is 0. The van der Waals surface area contributed by atoms with Gasteiger partial charge < -0.3 is 0 Å². The van der Waals surface area contributed by atoms with Crippen LogP contribution in [0.2, 0.25) is 0 Å². The van der Waals surface area contributed by atoms with Crippen molar-refractivity contribution in [1.82, 2.24) is 0 Å². The molecule has 28 valence electrons. The van der Waals surface area contributed by atoms with E-state index in [1.807, 2.05) is 0 Å². The molecule has 0 nitrogen and oxygen atoms in total. The number of halogens is 4. The van der Waals surface area contributed by atoms with Crippen LogP contribution in [-0.4, -0.2) is 0 Å². The molecular weight excluding hydrogens is 233 g/mol. The summed E-state index contributed by atoms with van der Waals surface area (Å²) in [6.07, 6.45) is 0. The van der Waals surface area contributed by atoms with Crippen LogP contribution < -0.4 is 0 Å². The van der Waals surface area contributed by atoms with Gasteiger partial charge in [-0.1, -0.05) is 0 Å². The van der Waals surface area contributed by atoms with E-state index in [2.05, 4.69) is 0 Å². The molecule has 0 saturated carbocycles. The van der Waals surface area contributed by atoms with Crippen LogP contribution >= 0.6 is 43.2 Å². The van der Waals surface area contributed by atoms with Crippen LogP contribution in [0.5, 0.6) is 0 Å². The van der Waals surface area contributed by atoms with Crippen molar-refractivity contribution < 1.29 is 0 Å². The van der Waals surface area contributed by atoms with E-state index in [0.717, 1.165) is 0 Å². The van der Waals surface area contributed by atoms with Gasteiger partial charge >= 0.3 is 43.2 Å². The average Bonchev–Trinajstić information content (AvgIpc) is 0.811. The van der Waals surface area contributed by atoms with E-state index < -0.39 is 16.4 Å². The molecule has 0 radical (unpaired) electrons. The molecule has 0 rings (SSSR count). The van der Waals surface area contributed by atoms with Gasteiger partial charge in [-0.05, 0) is 0 Å². The van der Waals surface area contributed by atoms with Crippen LogP contribution in [0.4, 0.5) is 0 Å². The molecule has 0 aliphatic rings. The zero-order valence-corrected chi connectivity index (χ0v) is 5.94. The quantitative estimate of drug-likeness (QED) is 0.564. The van der Waals surface area contributed by atoms with Gasteiger partial charge in [0.05, 0.1) is 0 Å². The van der Waals surface area contributed by atoms with E-state index in [4.69, 9.17) is 26.7 Å². The molecule has 0 N–H and O–H groups in total. The predicted molar refractivity (Wildman–Crippen MR) is 31.6 cm³/mol. The Morgan fingerprint density at radius 2 is 1.00 bits per heavy atom. The third kappa shape index (κ3) is 9.51. The molecule has 0 aromatic heterocycles. The Morgan fingerprint density at radius 3 is 1.00 bits per heavy atom. The molecule has 0 aromatic rings. The van der Waals surface area contributed by atoms with Crippen LogP contribution in [-0.2, 0) is 0 Å². The minimum absolute atomic E-state index is 1.85. The second kappa shape index (κ2) is 2.82. The molecule has 0 heterocycles. The fraction of sp³-hybridized carbons (Fsp3) is 0. The number of hydrogen-bond acceptors (Lipinski definition) is 0. The van der Waals surface area contributed by atoms with E-state index in [9.17, 15) is 0 Å². The van der Waals surface area contributed by atoms with Crippen molar-refractivity contribution in [1.29, 1.82) is 0 Å². The maximum absolute atomic E-state index is 4.96. The SMILES string of the molecule is ClI(Cl)Cl. The fourth-order valence-electron chi connectivity index (χ4n) is 0. The van der Waals surface area contributed by atoms with Gasteiger partial charge in [0.25, 0.3) is 0 Å². The van der Waals surface area contributed by atoms with Crippen molar-refractivity contribution in [2.24, 2.45) is 0 Å². The average molecular weight is 233 g/mol. The van der Waals surface area contributed by atoms with E-state index >= 15 is 0 Å². The Kier molecular flexibility index (Phi) is 3.94. The Morgan fingerprint density at radius 1 is 1.00 bits per heavy atom. The molecule has 0 unspecified atom stereocenters. The molecular formula is Cl3I. The van der Waals surface area contributed by atoms with Crippen LogP contribution in [0.3, 0.4) is 0 Å². The second-order valence-electron chi connectivity index (χ2n) is 0.162. The van der Waals surface area contributed by atoms with E-state index in [1.165, 1.54) is 0 Å². The molecule has 4 heteroatoms. The van der Waals surface area contributed by atoms with Crippen LogP contribution in [0.15, 0.2) is 0 Å². The van der Waals surface area contributed by atoms with Crippen LogP contribution in [0.1, 0.15) is 0 Å². The first kappa shape index (κ1) is 5.60.